The lowest BCUT2D eigenvalue weighted by Crippen LogP contribution is -2.24. The van der Waals surface area contributed by atoms with Gasteiger partial charge in [-0.15, -0.1) is 0 Å². The monoisotopic (exact) mass is 292 g/mol. The predicted octanol–water partition coefficient (Wildman–Crippen LogP) is 3.60. The Morgan fingerprint density at radius 2 is 1.90 bits per heavy atom. The molecular weight excluding hydrogens is 260 g/mol. The molecule has 0 amide bonds. The molecule has 0 saturated carbocycles. The number of benzene rings is 1. The van der Waals surface area contributed by atoms with E-state index in [4.69, 9.17) is 4.74 Å². The first-order valence-electron chi connectivity index (χ1n) is 8.03. The van der Waals surface area contributed by atoms with Crippen LogP contribution in [-0.4, -0.2) is 32.8 Å². The molecule has 3 nitrogen and oxygen atoms in total. The smallest absolute Gasteiger partial charge is 0.0644 e. The summed E-state index contributed by atoms with van der Waals surface area (Å²) in [6.45, 7) is 14.5. The zero-order chi connectivity index (χ0) is 15.8. The van der Waals surface area contributed by atoms with Gasteiger partial charge in [-0.1, -0.05) is 26.0 Å². The number of nitrogens with zero attached hydrogens (tertiary/aromatic N) is 1. The molecule has 0 aliphatic rings. The number of hydrogen-bond donors (Lipinski definition) is 1. The second-order valence-corrected chi connectivity index (χ2v) is 6.49. The molecule has 0 bridgehead atoms. The van der Waals surface area contributed by atoms with Gasteiger partial charge in [-0.2, -0.15) is 0 Å². The van der Waals surface area contributed by atoms with E-state index >= 15 is 0 Å². The van der Waals surface area contributed by atoms with Crippen LogP contribution in [0.25, 0.3) is 0 Å². The van der Waals surface area contributed by atoms with Crippen LogP contribution in [0.4, 0.5) is 5.69 Å². The molecule has 1 aromatic rings. The molecule has 1 N–H and O–H groups in total. The van der Waals surface area contributed by atoms with E-state index in [2.05, 4.69) is 70.1 Å². The standard InChI is InChI=1S/C18H32N2O/c1-14(2)12-19-13-17-7-8-18(16(5)11-17)20(6)9-10-21-15(3)4/h7-8,11,14-15,19H,9-10,12-13H2,1-6H3. The van der Waals surface area contributed by atoms with Crippen molar-refractivity contribution in [1.82, 2.24) is 5.32 Å². The topological polar surface area (TPSA) is 24.5 Å². The molecule has 120 valence electrons. The van der Waals surface area contributed by atoms with Crippen LogP contribution in [0.3, 0.4) is 0 Å². The van der Waals surface area contributed by atoms with Gasteiger partial charge in [0.1, 0.15) is 0 Å². The lowest BCUT2D eigenvalue weighted by Gasteiger charge is -2.22. The van der Waals surface area contributed by atoms with E-state index in [1.165, 1.54) is 16.8 Å². The van der Waals surface area contributed by atoms with Gasteiger partial charge in [0.05, 0.1) is 12.7 Å². The number of aryl methyl sites for hydroxylation is 1. The first kappa shape index (κ1) is 18.0. The molecule has 1 rings (SSSR count). The highest BCUT2D eigenvalue weighted by molar-refractivity contribution is 5.53. The van der Waals surface area contributed by atoms with E-state index in [0.717, 1.165) is 26.2 Å². The van der Waals surface area contributed by atoms with E-state index in [9.17, 15) is 0 Å². The van der Waals surface area contributed by atoms with Crippen molar-refractivity contribution in [3.8, 4) is 0 Å². The fraction of sp³-hybridized carbons (Fsp3) is 0.667. The molecule has 0 heterocycles. The van der Waals surface area contributed by atoms with Crippen molar-refractivity contribution in [3.05, 3.63) is 29.3 Å². The Balaban J connectivity index is 2.52. The van der Waals surface area contributed by atoms with E-state index in [1.807, 2.05) is 0 Å². The van der Waals surface area contributed by atoms with Crippen molar-refractivity contribution in [3.63, 3.8) is 0 Å². The van der Waals surface area contributed by atoms with Crippen LogP contribution in [0, 0.1) is 12.8 Å². The molecule has 3 heteroatoms. The Morgan fingerprint density at radius 1 is 1.19 bits per heavy atom. The Morgan fingerprint density at radius 3 is 2.48 bits per heavy atom. The summed E-state index contributed by atoms with van der Waals surface area (Å²) >= 11 is 0. The van der Waals surface area contributed by atoms with Crippen molar-refractivity contribution in [2.75, 3.05) is 31.6 Å². The number of anilines is 1. The molecule has 21 heavy (non-hydrogen) atoms. The largest absolute Gasteiger partial charge is 0.377 e. The summed E-state index contributed by atoms with van der Waals surface area (Å²) in [7, 11) is 2.13. The molecule has 0 atom stereocenters. The normalized spacial score (nSPS) is 11.4. The van der Waals surface area contributed by atoms with Crippen LogP contribution in [-0.2, 0) is 11.3 Å². The Kier molecular flexibility index (Phi) is 7.76. The summed E-state index contributed by atoms with van der Waals surface area (Å²) < 4.78 is 5.62. The summed E-state index contributed by atoms with van der Waals surface area (Å²) in [5.41, 5.74) is 3.96. The Labute approximate surface area is 130 Å². The van der Waals surface area contributed by atoms with Gasteiger partial charge in [-0.05, 0) is 50.4 Å². The van der Waals surface area contributed by atoms with Crippen LogP contribution in [0.2, 0.25) is 0 Å². The third-order valence-electron chi connectivity index (χ3n) is 3.43. The Hall–Kier alpha value is -1.06. The fourth-order valence-corrected chi connectivity index (χ4v) is 2.31. The SMILES string of the molecule is Cc1cc(CNCC(C)C)ccc1N(C)CCOC(C)C. The number of hydrogen-bond acceptors (Lipinski definition) is 3. The summed E-state index contributed by atoms with van der Waals surface area (Å²) in [6.07, 6.45) is 0.300. The van der Waals surface area contributed by atoms with Crippen LogP contribution in [0.5, 0.6) is 0 Å². The zero-order valence-electron chi connectivity index (χ0n) is 14.6. The molecule has 0 aromatic heterocycles. The molecule has 0 fully saturated rings. The van der Waals surface area contributed by atoms with Crippen molar-refractivity contribution in [1.29, 1.82) is 0 Å². The second kappa shape index (κ2) is 9.06. The maximum absolute atomic E-state index is 5.62. The minimum absolute atomic E-state index is 0.300. The number of likely N-dealkylation sites (N-methyl/N-ethyl adjacent to an activating group) is 1. The molecule has 0 radical (unpaired) electrons. The van der Waals surface area contributed by atoms with Gasteiger partial charge >= 0.3 is 0 Å². The third-order valence-corrected chi connectivity index (χ3v) is 3.43. The second-order valence-electron chi connectivity index (χ2n) is 6.49. The first-order valence-corrected chi connectivity index (χ1v) is 8.03. The average molecular weight is 292 g/mol. The van der Waals surface area contributed by atoms with Crippen molar-refractivity contribution in [2.24, 2.45) is 5.92 Å². The lowest BCUT2D eigenvalue weighted by atomic mass is 10.1. The van der Waals surface area contributed by atoms with Gasteiger partial charge in [0, 0.05) is 25.8 Å². The van der Waals surface area contributed by atoms with Gasteiger partial charge in [-0.3, -0.25) is 0 Å². The van der Waals surface area contributed by atoms with Gasteiger partial charge in [0.15, 0.2) is 0 Å². The van der Waals surface area contributed by atoms with Gasteiger partial charge in [0.25, 0.3) is 0 Å². The van der Waals surface area contributed by atoms with E-state index < -0.39 is 0 Å². The molecule has 0 aliphatic carbocycles. The van der Waals surface area contributed by atoms with E-state index in [1.54, 1.807) is 0 Å². The molecule has 0 saturated heterocycles. The van der Waals surface area contributed by atoms with Crippen molar-refractivity contribution < 1.29 is 4.74 Å². The van der Waals surface area contributed by atoms with Crippen molar-refractivity contribution >= 4 is 5.69 Å². The highest BCUT2D eigenvalue weighted by Gasteiger charge is 2.06. The van der Waals surface area contributed by atoms with Gasteiger partial charge in [0.2, 0.25) is 0 Å². The zero-order valence-corrected chi connectivity index (χ0v) is 14.6. The van der Waals surface area contributed by atoms with Crippen molar-refractivity contribution in [2.45, 2.75) is 47.3 Å². The minimum Gasteiger partial charge on any atom is -0.377 e. The minimum atomic E-state index is 0.300. The lowest BCUT2D eigenvalue weighted by molar-refractivity contribution is 0.0846. The number of ether oxygens (including phenoxy) is 1. The predicted molar refractivity (Wildman–Crippen MR) is 92.1 cm³/mol. The van der Waals surface area contributed by atoms with Crippen LogP contribution < -0.4 is 10.2 Å². The molecule has 0 aliphatic heterocycles. The van der Waals surface area contributed by atoms with E-state index in [-0.39, 0.29) is 0 Å². The quantitative estimate of drug-likeness (QED) is 0.752. The summed E-state index contributed by atoms with van der Waals surface area (Å²) in [6, 6.07) is 6.72. The van der Waals surface area contributed by atoms with Crippen LogP contribution in [0.15, 0.2) is 18.2 Å². The average Bonchev–Trinajstić information content (AvgIpc) is 2.37. The van der Waals surface area contributed by atoms with Gasteiger partial charge in [-0.25, -0.2) is 0 Å². The van der Waals surface area contributed by atoms with Crippen LogP contribution >= 0.6 is 0 Å². The Bertz CT molecular complexity index is 416. The van der Waals surface area contributed by atoms with Gasteiger partial charge < -0.3 is 15.0 Å². The highest BCUT2D eigenvalue weighted by Crippen LogP contribution is 2.20. The maximum Gasteiger partial charge on any atom is 0.0644 e. The first-order chi connectivity index (χ1) is 9.90. The number of rotatable bonds is 9. The third kappa shape index (κ3) is 6.96. The summed E-state index contributed by atoms with van der Waals surface area (Å²) in [5, 5.41) is 3.49. The highest BCUT2D eigenvalue weighted by atomic mass is 16.5. The summed E-state index contributed by atoms with van der Waals surface area (Å²) in [4.78, 5) is 2.27. The number of nitrogens with one attached hydrogen (secondary N) is 1. The fourth-order valence-electron chi connectivity index (χ4n) is 2.31. The molecule has 0 spiro atoms. The van der Waals surface area contributed by atoms with E-state index in [0.29, 0.717) is 12.0 Å². The van der Waals surface area contributed by atoms with Crippen LogP contribution in [0.1, 0.15) is 38.8 Å². The maximum atomic E-state index is 5.62. The molecule has 0 unspecified atom stereocenters. The molecular formula is C18H32N2O. The molecule has 1 aromatic carbocycles. The summed E-state index contributed by atoms with van der Waals surface area (Å²) in [5.74, 6) is 0.692.